The van der Waals surface area contributed by atoms with Crippen molar-refractivity contribution in [2.75, 3.05) is 13.1 Å². The summed E-state index contributed by atoms with van der Waals surface area (Å²) in [6.45, 7) is 10.8. The van der Waals surface area contributed by atoms with Crippen molar-refractivity contribution in [1.82, 2.24) is 0 Å². The average Bonchev–Trinajstić information content (AvgIpc) is 3.13. The maximum absolute atomic E-state index is 8.52. The highest BCUT2D eigenvalue weighted by atomic mass is 32.3. The van der Waals surface area contributed by atoms with Crippen LogP contribution in [0.1, 0.15) is 40.5 Å². The minimum absolute atomic E-state index is 1.07. The fourth-order valence-electron chi connectivity index (χ4n) is 2.07. The van der Waals surface area contributed by atoms with Gasteiger partial charge in [-0.25, -0.2) is 9.98 Å². The third-order valence-corrected chi connectivity index (χ3v) is 3.19. The molecule has 2 unspecified atom stereocenters. The molecule has 0 saturated carbocycles. The molecule has 2 aliphatic rings. The van der Waals surface area contributed by atoms with Crippen LogP contribution in [0.4, 0.5) is 0 Å². The summed E-state index contributed by atoms with van der Waals surface area (Å²) in [6, 6.07) is 0. The first-order chi connectivity index (χ1) is 10.8. The molecule has 2 N–H and O–H groups in total. The first kappa shape index (κ1) is 21.6. The molecule has 0 aromatic rings. The van der Waals surface area contributed by atoms with Crippen LogP contribution in [0.15, 0.2) is 34.8 Å². The van der Waals surface area contributed by atoms with Gasteiger partial charge in [0.1, 0.15) is 12.4 Å². The summed E-state index contributed by atoms with van der Waals surface area (Å²) < 4.78 is 34.1. The van der Waals surface area contributed by atoms with E-state index in [2.05, 4.69) is 50.1 Å². The minimum Gasteiger partial charge on any atom is -0.759 e. The number of aliphatic imine (C=N–C) groups is 2. The third-order valence-electron chi connectivity index (χ3n) is 3.19. The summed E-state index contributed by atoms with van der Waals surface area (Å²) in [5, 5.41) is 0. The normalized spacial score (nSPS) is 21.8. The van der Waals surface area contributed by atoms with E-state index in [1.165, 1.54) is 21.5 Å². The van der Waals surface area contributed by atoms with E-state index in [0.717, 1.165) is 25.9 Å². The van der Waals surface area contributed by atoms with E-state index in [9.17, 15) is 0 Å². The van der Waals surface area contributed by atoms with E-state index in [4.69, 9.17) is 17.5 Å². The second kappa shape index (κ2) is 11.2. The molecule has 0 aliphatic carbocycles. The lowest BCUT2D eigenvalue weighted by Crippen LogP contribution is -3.08. The zero-order valence-electron chi connectivity index (χ0n) is 14.1. The van der Waals surface area contributed by atoms with Gasteiger partial charge in [0.25, 0.3) is 0 Å². The first-order valence-electron chi connectivity index (χ1n) is 7.62. The van der Waals surface area contributed by atoms with Gasteiger partial charge in [0.2, 0.25) is 11.7 Å². The van der Waals surface area contributed by atoms with Gasteiger partial charge in [0, 0.05) is 23.2 Å². The van der Waals surface area contributed by atoms with Crippen molar-refractivity contribution in [3.63, 3.8) is 0 Å². The number of amidine groups is 2. The van der Waals surface area contributed by atoms with Crippen LogP contribution in [-0.4, -0.2) is 42.3 Å². The largest absolute Gasteiger partial charge is 0.759 e. The Morgan fingerprint density at radius 1 is 0.870 bits per heavy atom. The number of quaternary nitrogens is 2. The highest BCUT2D eigenvalue weighted by molar-refractivity contribution is 7.79. The lowest BCUT2D eigenvalue weighted by molar-refractivity contribution is -0.743. The van der Waals surface area contributed by atoms with Crippen molar-refractivity contribution in [3.8, 4) is 0 Å². The van der Waals surface area contributed by atoms with E-state index < -0.39 is 10.4 Å². The lowest BCUT2D eigenvalue weighted by Gasteiger charge is -2.06. The summed E-state index contributed by atoms with van der Waals surface area (Å²) >= 11 is 0. The molecule has 0 radical (unpaired) electrons. The van der Waals surface area contributed by atoms with Crippen LogP contribution < -0.4 is 9.80 Å². The van der Waals surface area contributed by atoms with Gasteiger partial charge >= 0.3 is 0 Å². The number of hydrogen-bond acceptors (Lipinski definition) is 6. The highest BCUT2D eigenvalue weighted by Gasteiger charge is 2.13. The topological polar surface area (TPSA) is 114 Å². The van der Waals surface area contributed by atoms with Crippen molar-refractivity contribution in [1.29, 1.82) is 0 Å². The number of nitrogens with one attached hydrogen (secondary N) is 2. The molecule has 0 fully saturated rings. The van der Waals surface area contributed by atoms with Crippen LogP contribution in [0.2, 0.25) is 0 Å². The Morgan fingerprint density at radius 2 is 1.17 bits per heavy atom. The zero-order valence-corrected chi connectivity index (χ0v) is 14.9. The molecule has 2 rings (SSSR count). The third kappa shape index (κ3) is 10.1. The molecule has 9 heteroatoms. The Bertz CT molecular complexity index is 523. The average molecular weight is 346 g/mol. The second-order valence-corrected chi connectivity index (χ2v) is 5.47. The molecule has 0 amide bonds. The summed E-state index contributed by atoms with van der Waals surface area (Å²) in [5.41, 5.74) is 0. The Labute approximate surface area is 138 Å². The van der Waals surface area contributed by atoms with E-state index in [0.29, 0.717) is 0 Å². The number of hydrogen-bond donors (Lipinski definition) is 2. The molecule has 8 nitrogen and oxygen atoms in total. The van der Waals surface area contributed by atoms with E-state index in [-0.39, 0.29) is 0 Å². The van der Waals surface area contributed by atoms with Gasteiger partial charge < -0.3 is 9.11 Å². The number of rotatable bonds is 4. The molecule has 23 heavy (non-hydrogen) atoms. The van der Waals surface area contributed by atoms with E-state index in [1.807, 2.05) is 12.4 Å². The first-order valence-corrected chi connectivity index (χ1v) is 8.95. The van der Waals surface area contributed by atoms with Crippen molar-refractivity contribution in [2.24, 2.45) is 9.98 Å². The standard InChI is InChI=1S/2C7H12N2.H2O4S/c2*1-3-7-8-5-6-9(7)4-2;1-5(2,3)4/h2*5-6H,3-4H2,1-2H3;(H2,1,2,3,4). The molecule has 2 heterocycles. The molecule has 0 aromatic heterocycles. The summed E-state index contributed by atoms with van der Waals surface area (Å²) in [6.07, 6.45) is 10.1. The maximum atomic E-state index is 8.52. The summed E-state index contributed by atoms with van der Waals surface area (Å²) in [7, 11) is -5.17. The fourth-order valence-corrected chi connectivity index (χ4v) is 2.07. The van der Waals surface area contributed by atoms with Gasteiger partial charge in [-0.3, -0.25) is 18.2 Å². The van der Waals surface area contributed by atoms with Gasteiger partial charge in [-0.15, -0.1) is 0 Å². The molecule has 0 bridgehead atoms. The Kier molecular flexibility index (Phi) is 10.5. The smallest absolute Gasteiger partial charge is 0.205 e. The number of nitrogens with zero attached hydrogens (tertiary/aromatic N) is 2. The van der Waals surface area contributed by atoms with E-state index in [1.54, 1.807) is 0 Å². The molecule has 2 atom stereocenters. The predicted octanol–water partition coefficient (Wildman–Crippen LogP) is -0.969. The molecule has 0 saturated heterocycles. The Morgan fingerprint density at radius 3 is 1.35 bits per heavy atom. The van der Waals surface area contributed by atoms with Gasteiger partial charge in [0.05, 0.1) is 25.5 Å². The van der Waals surface area contributed by atoms with Crippen LogP contribution in [0.25, 0.3) is 0 Å². The van der Waals surface area contributed by atoms with Crippen molar-refractivity contribution in [3.05, 3.63) is 24.8 Å². The molecular weight excluding hydrogens is 320 g/mol. The van der Waals surface area contributed by atoms with E-state index >= 15 is 0 Å². The quantitative estimate of drug-likeness (QED) is 0.503. The predicted molar refractivity (Wildman–Crippen MR) is 87.2 cm³/mol. The molecular formula is C14H26N4O4S. The van der Waals surface area contributed by atoms with Crippen molar-refractivity contribution in [2.45, 2.75) is 40.5 Å². The molecule has 132 valence electrons. The fraction of sp³-hybridized carbons (Fsp3) is 0.571. The Hall–Kier alpha value is -1.39. The van der Waals surface area contributed by atoms with Gasteiger partial charge in [-0.2, -0.15) is 0 Å². The second-order valence-electron chi connectivity index (χ2n) is 4.66. The van der Waals surface area contributed by atoms with Gasteiger partial charge in [-0.05, 0) is 13.8 Å². The summed E-state index contributed by atoms with van der Waals surface area (Å²) in [5.74, 6) is 2.52. The minimum atomic E-state index is -5.17. The lowest BCUT2D eigenvalue weighted by atomic mass is 10.4. The monoisotopic (exact) mass is 346 g/mol. The maximum Gasteiger partial charge on any atom is 0.205 e. The van der Waals surface area contributed by atoms with Crippen LogP contribution in [0.3, 0.4) is 0 Å². The van der Waals surface area contributed by atoms with Crippen molar-refractivity contribution >= 4 is 22.1 Å². The van der Waals surface area contributed by atoms with Crippen LogP contribution in [0, 0.1) is 0 Å². The zero-order chi connectivity index (χ0) is 17.9. The summed E-state index contributed by atoms with van der Waals surface area (Å²) in [4.78, 5) is 11.2. The molecule has 2 aliphatic heterocycles. The van der Waals surface area contributed by atoms with Gasteiger partial charge in [-0.1, -0.05) is 13.8 Å². The van der Waals surface area contributed by atoms with Crippen LogP contribution in [-0.2, 0) is 10.4 Å². The molecule has 0 spiro atoms. The Balaban J connectivity index is 0.000000332. The molecule has 0 aromatic carbocycles. The SMILES string of the molecule is CCC1=NC=C[NH+]1CC.CCC1=NC=C[NH+]1CC.O=S(=O)([O-])[O-]. The highest BCUT2D eigenvalue weighted by Crippen LogP contribution is 1.85. The van der Waals surface area contributed by atoms with Crippen molar-refractivity contribution < 1.29 is 27.3 Å². The van der Waals surface area contributed by atoms with Crippen LogP contribution in [0.5, 0.6) is 0 Å². The van der Waals surface area contributed by atoms with Gasteiger partial charge in [0.15, 0.2) is 0 Å². The van der Waals surface area contributed by atoms with Crippen LogP contribution >= 0.6 is 0 Å².